The highest BCUT2D eigenvalue weighted by atomic mass is 35.5. The quantitative estimate of drug-likeness (QED) is 0.714. The smallest absolute Gasteiger partial charge is 0.321 e. The monoisotopic (exact) mass is 348 g/mol. The first-order valence-corrected chi connectivity index (χ1v) is 5.91. The van der Waals surface area contributed by atoms with Crippen LogP contribution in [0.3, 0.4) is 0 Å². The Morgan fingerprint density at radius 1 is 1.42 bits per heavy atom. The summed E-state index contributed by atoms with van der Waals surface area (Å²) in [6.45, 7) is 2.38. The summed E-state index contributed by atoms with van der Waals surface area (Å²) in [7, 11) is 0. The van der Waals surface area contributed by atoms with Gasteiger partial charge in [-0.1, -0.05) is 30.1 Å². The van der Waals surface area contributed by atoms with Gasteiger partial charge in [0.1, 0.15) is 6.04 Å². The van der Waals surface area contributed by atoms with E-state index in [9.17, 15) is 4.79 Å². The van der Waals surface area contributed by atoms with Crippen molar-refractivity contribution in [2.75, 3.05) is 12.3 Å². The molecule has 0 aromatic heterocycles. The second-order valence-corrected chi connectivity index (χ2v) is 4.37. The molecule has 0 radical (unpaired) electrons. The third-order valence-corrected chi connectivity index (χ3v) is 3.23. The number of carbonyl (C=O) groups is 1. The number of rotatable bonds is 5. The Kier molecular flexibility index (Phi) is 10.5. The first-order chi connectivity index (χ1) is 7.97. The van der Waals surface area contributed by atoms with Gasteiger partial charge in [-0.15, -0.1) is 24.8 Å². The van der Waals surface area contributed by atoms with Crippen LogP contribution in [0.4, 0.5) is 5.69 Å². The number of benzene rings is 1. The van der Waals surface area contributed by atoms with Gasteiger partial charge < -0.3 is 16.2 Å². The first kappa shape index (κ1) is 20.9. The summed E-state index contributed by atoms with van der Waals surface area (Å²) in [5.74, 6) is -0.942. The minimum atomic E-state index is -0.942. The van der Waals surface area contributed by atoms with Gasteiger partial charge in [0, 0.05) is 12.1 Å². The van der Waals surface area contributed by atoms with E-state index < -0.39 is 12.0 Å². The van der Waals surface area contributed by atoms with Crippen LogP contribution in [0.1, 0.15) is 12.5 Å². The van der Waals surface area contributed by atoms with Crippen molar-refractivity contribution in [1.29, 1.82) is 0 Å². The molecule has 1 atom stereocenters. The number of carboxylic acid groups (broad SMARTS) is 1. The molecule has 4 nitrogen and oxygen atoms in total. The molecule has 0 saturated heterocycles. The third-order valence-electron chi connectivity index (χ3n) is 2.39. The fourth-order valence-corrected chi connectivity index (χ4v) is 1.94. The lowest BCUT2D eigenvalue weighted by molar-refractivity contribution is -0.139. The maximum atomic E-state index is 11.0. The number of aliphatic carboxylic acids is 1. The molecule has 1 rings (SSSR count). The number of hydrogen-bond donors (Lipinski definition) is 3. The fraction of sp³-hybridized carbons (Fsp3) is 0.364. The Hall–Kier alpha value is -0.390. The van der Waals surface area contributed by atoms with Crippen LogP contribution in [-0.4, -0.2) is 23.7 Å². The van der Waals surface area contributed by atoms with E-state index in [2.05, 4.69) is 5.32 Å². The van der Waals surface area contributed by atoms with Crippen molar-refractivity contribution in [3.05, 3.63) is 27.7 Å². The summed E-state index contributed by atoms with van der Waals surface area (Å²) in [4.78, 5) is 11.0. The highest BCUT2D eigenvalue weighted by Gasteiger charge is 2.20. The van der Waals surface area contributed by atoms with Crippen molar-refractivity contribution in [3.8, 4) is 0 Å². The molecule has 1 unspecified atom stereocenters. The van der Waals surface area contributed by atoms with Gasteiger partial charge >= 0.3 is 5.97 Å². The van der Waals surface area contributed by atoms with Crippen molar-refractivity contribution in [2.24, 2.45) is 0 Å². The van der Waals surface area contributed by atoms with Crippen molar-refractivity contribution in [2.45, 2.75) is 19.4 Å². The number of nitrogens with one attached hydrogen (secondary N) is 1. The maximum Gasteiger partial charge on any atom is 0.321 e. The molecule has 0 heterocycles. The molecule has 110 valence electrons. The van der Waals surface area contributed by atoms with Gasteiger partial charge in [-0.3, -0.25) is 4.79 Å². The van der Waals surface area contributed by atoms with Gasteiger partial charge in [0.2, 0.25) is 0 Å². The molecule has 0 spiro atoms. The van der Waals surface area contributed by atoms with Crippen molar-refractivity contribution >= 4 is 59.7 Å². The lowest BCUT2D eigenvalue weighted by Crippen LogP contribution is -2.38. The lowest BCUT2D eigenvalue weighted by Gasteiger charge is -2.16. The predicted molar refractivity (Wildman–Crippen MR) is 84.2 cm³/mol. The van der Waals surface area contributed by atoms with Crippen LogP contribution in [0.5, 0.6) is 0 Å². The molecular weight excluding hydrogens is 334 g/mol. The zero-order valence-electron chi connectivity index (χ0n) is 10.2. The van der Waals surface area contributed by atoms with E-state index in [1.165, 1.54) is 0 Å². The molecule has 0 amide bonds. The summed E-state index contributed by atoms with van der Waals surface area (Å²) >= 11 is 11.9. The number of nitrogen functional groups attached to an aromatic ring is 1. The van der Waals surface area contributed by atoms with Gasteiger partial charge in [0.25, 0.3) is 0 Å². The fourth-order valence-electron chi connectivity index (χ4n) is 1.51. The zero-order valence-corrected chi connectivity index (χ0v) is 13.3. The Morgan fingerprint density at radius 2 is 2.00 bits per heavy atom. The number of nitrogens with two attached hydrogens (primary N) is 1. The number of anilines is 1. The van der Waals surface area contributed by atoms with Crippen molar-refractivity contribution in [3.63, 3.8) is 0 Å². The Bertz CT molecular complexity index is 429. The average molecular weight is 350 g/mol. The Labute approximate surface area is 134 Å². The van der Waals surface area contributed by atoms with E-state index in [-0.39, 0.29) is 31.2 Å². The van der Waals surface area contributed by atoms with E-state index in [4.69, 9.17) is 34.0 Å². The van der Waals surface area contributed by atoms with Crippen molar-refractivity contribution in [1.82, 2.24) is 5.32 Å². The van der Waals surface area contributed by atoms with Crippen LogP contribution in [0.2, 0.25) is 10.0 Å². The highest BCUT2D eigenvalue weighted by molar-refractivity contribution is 6.42. The van der Waals surface area contributed by atoms with Crippen LogP contribution in [0.15, 0.2) is 12.1 Å². The molecule has 19 heavy (non-hydrogen) atoms. The number of likely N-dealkylation sites (N-methyl/N-ethyl adjacent to an activating group) is 1. The van der Waals surface area contributed by atoms with Gasteiger partial charge in [0.05, 0.1) is 10.0 Å². The van der Waals surface area contributed by atoms with Crippen LogP contribution < -0.4 is 11.1 Å². The first-order valence-electron chi connectivity index (χ1n) is 5.15. The highest BCUT2D eigenvalue weighted by Crippen LogP contribution is 2.30. The summed E-state index contributed by atoms with van der Waals surface area (Å²) in [6.07, 6.45) is 0.203. The molecule has 0 fully saturated rings. The summed E-state index contributed by atoms with van der Waals surface area (Å²) in [5, 5.41) is 12.6. The largest absolute Gasteiger partial charge is 0.480 e. The van der Waals surface area contributed by atoms with Crippen molar-refractivity contribution < 1.29 is 9.90 Å². The van der Waals surface area contributed by atoms with E-state index >= 15 is 0 Å². The number of carboxylic acids is 1. The molecule has 1 aromatic carbocycles. The molecule has 0 saturated carbocycles. The molecular formula is C11H16Cl4N2O2. The van der Waals surface area contributed by atoms with Gasteiger partial charge in [-0.25, -0.2) is 0 Å². The zero-order chi connectivity index (χ0) is 13.0. The Morgan fingerprint density at radius 3 is 2.47 bits per heavy atom. The molecule has 0 aliphatic carbocycles. The van der Waals surface area contributed by atoms with E-state index in [0.717, 1.165) is 0 Å². The standard InChI is InChI=1S/C11H14Cl2N2O2.2ClH/c1-2-15-9(11(16)17)5-6-8(14)4-3-7(12)10(6)13;;/h3-4,9,15H,2,5,14H2,1H3,(H,16,17);2*1H. The van der Waals surface area contributed by atoms with Crippen LogP contribution in [0.25, 0.3) is 0 Å². The second-order valence-electron chi connectivity index (χ2n) is 3.58. The van der Waals surface area contributed by atoms with Crippen LogP contribution in [-0.2, 0) is 11.2 Å². The molecule has 0 aliphatic rings. The van der Waals surface area contributed by atoms with E-state index in [0.29, 0.717) is 27.8 Å². The lowest BCUT2D eigenvalue weighted by atomic mass is 10.0. The molecule has 1 aromatic rings. The summed E-state index contributed by atoms with van der Waals surface area (Å²) in [6, 6.07) is 2.48. The summed E-state index contributed by atoms with van der Waals surface area (Å²) < 4.78 is 0. The molecule has 0 aliphatic heterocycles. The van der Waals surface area contributed by atoms with E-state index in [1.54, 1.807) is 12.1 Å². The summed E-state index contributed by atoms with van der Waals surface area (Å²) in [5.41, 5.74) is 6.78. The Balaban J connectivity index is 0. The molecule has 8 heteroatoms. The van der Waals surface area contributed by atoms with Gasteiger partial charge in [0.15, 0.2) is 0 Å². The minimum absolute atomic E-state index is 0. The average Bonchev–Trinajstić information content (AvgIpc) is 2.28. The molecule has 4 N–H and O–H groups in total. The number of halogens is 4. The van der Waals surface area contributed by atoms with E-state index in [1.807, 2.05) is 6.92 Å². The minimum Gasteiger partial charge on any atom is -0.480 e. The SMILES string of the molecule is CCNC(Cc1c(N)ccc(Cl)c1Cl)C(=O)O.Cl.Cl. The third kappa shape index (κ3) is 5.63. The normalized spacial score (nSPS) is 11.1. The van der Waals surface area contributed by atoms with Crippen LogP contribution >= 0.6 is 48.0 Å². The maximum absolute atomic E-state index is 11.0. The van der Waals surface area contributed by atoms with Gasteiger partial charge in [-0.05, 0) is 24.2 Å². The van der Waals surface area contributed by atoms with Crippen LogP contribution in [0, 0.1) is 0 Å². The predicted octanol–water partition coefficient (Wildman–Crippen LogP) is 3.02. The number of hydrogen-bond acceptors (Lipinski definition) is 3. The molecule has 0 bridgehead atoms. The van der Waals surface area contributed by atoms with Gasteiger partial charge in [-0.2, -0.15) is 0 Å². The second kappa shape index (κ2) is 9.50. The topological polar surface area (TPSA) is 75.3 Å².